The van der Waals surface area contributed by atoms with Gasteiger partial charge in [0, 0.05) is 10.7 Å². The molecule has 0 bridgehead atoms. The zero-order chi connectivity index (χ0) is 22.3. The highest BCUT2D eigenvalue weighted by Crippen LogP contribution is 2.37. The van der Waals surface area contributed by atoms with Gasteiger partial charge in [-0.2, -0.15) is 0 Å². The molecule has 0 radical (unpaired) electrons. The van der Waals surface area contributed by atoms with Crippen molar-refractivity contribution in [2.24, 2.45) is 0 Å². The van der Waals surface area contributed by atoms with Crippen molar-refractivity contribution in [3.63, 3.8) is 0 Å². The van der Waals surface area contributed by atoms with Crippen molar-refractivity contribution in [3.05, 3.63) is 99.5 Å². The number of aryl methyl sites for hydroxylation is 1. The molecule has 0 aromatic heterocycles. The van der Waals surface area contributed by atoms with Gasteiger partial charge < -0.3 is 5.32 Å². The van der Waals surface area contributed by atoms with Crippen LogP contribution in [0.5, 0.6) is 0 Å². The van der Waals surface area contributed by atoms with E-state index in [1.54, 1.807) is 25.1 Å². The van der Waals surface area contributed by atoms with E-state index in [1.807, 2.05) is 32.0 Å². The van der Waals surface area contributed by atoms with Gasteiger partial charge in [-0.05, 0) is 73.4 Å². The van der Waals surface area contributed by atoms with Gasteiger partial charge in [-0.1, -0.05) is 41.9 Å². The molecule has 0 saturated carbocycles. The fourth-order valence-electron chi connectivity index (χ4n) is 3.61. The van der Waals surface area contributed by atoms with Gasteiger partial charge in [-0.15, -0.1) is 0 Å². The summed E-state index contributed by atoms with van der Waals surface area (Å²) in [6.07, 6.45) is 0. The quantitative estimate of drug-likeness (QED) is 0.528. The summed E-state index contributed by atoms with van der Waals surface area (Å²) in [6, 6.07) is 16.3. The van der Waals surface area contributed by atoms with Gasteiger partial charge in [-0.3, -0.25) is 9.59 Å². The van der Waals surface area contributed by atoms with Crippen LogP contribution in [0.1, 0.15) is 22.3 Å². The second-order valence-corrected chi connectivity index (χ2v) is 7.87. The third-order valence-electron chi connectivity index (χ3n) is 5.56. The molecular weight excluding hydrogens is 415 g/mol. The molecule has 4 nitrogen and oxygen atoms in total. The van der Waals surface area contributed by atoms with Crippen molar-refractivity contribution < 1.29 is 14.0 Å². The number of carbonyl (C=O) groups excluding carboxylic acids is 2. The fraction of sp³-hybridized carbons (Fsp3) is 0.120. The van der Waals surface area contributed by atoms with Crippen molar-refractivity contribution in [2.75, 3.05) is 10.2 Å². The number of nitrogens with one attached hydrogen (secondary N) is 1. The van der Waals surface area contributed by atoms with Gasteiger partial charge in [0.05, 0.1) is 11.3 Å². The molecule has 1 N–H and O–H groups in total. The Kier molecular flexibility index (Phi) is 5.38. The second-order valence-electron chi connectivity index (χ2n) is 7.46. The number of amides is 2. The maximum absolute atomic E-state index is 13.5. The van der Waals surface area contributed by atoms with Gasteiger partial charge in [0.15, 0.2) is 0 Å². The average Bonchev–Trinajstić information content (AvgIpc) is 2.98. The molecule has 3 aromatic carbocycles. The zero-order valence-electron chi connectivity index (χ0n) is 17.3. The van der Waals surface area contributed by atoms with E-state index in [4.69, 9.17) is 11.6 Å². The highest BCUT2D eigenvalue weighted by atomic mass is 35.5. The Morgan fingerprint density at radius 1 is 0.839 bits per heavy atom. The van der Waals surface area contributed by atoms with Gasteiger partial charge in [0.25, 0.3) is 11.8 Å². The number of imide groups is 1. The molecule has 0 spiro atoms. The van der Waals surface area contributed by atoms with Crippen molar-refractivity contribution >= 4 is 40.4 Å². The summed E-state index contributed by atoms with van der Waals surface area (Å²) >= 11 is 6.24. The lowest BCUT2D eigenvalue weighted by atomic mass is 10.0. The minimum absolute atomic E-state index is 0.143. The maximum Gasteiger partial charge on any atom is 0.282 e. The summed E-state index contributed by atoms with van der Waals surface area (Å²) in [5.74, 6) is -1.40. The Bertz CT molecular complexity index is 1250. The zero-order valence-corrected chi connectivity index (χ0v) is 18.0. The molecule has 0 unspecified atom stereocenters. The van der Waals surface area contributed by atoms with Crippen molar-refractivity contribution in [1.82, 2.24) is 0 Å². The molecule has 0 fully saturated rings. The van der Waals surface area contributed by atoms with Crippen LogP contribution in [0.2, 0.25) is 5.02 Å². The van der Waals surface area contributed by atoms with Gasteiger partial charge >= 0.3 is 0 Å². The summed E-state index contributed by atoms with van der Waals surface area (Å²) < 4.78 is 13.5. The van der Waals surface area contributed by atoms with Crippen LogP contribution in [0.15, 0.2) is 66.4 Å². The fourth-order valence-corrected chi connectivity index (χ4v) is 3.78. The van der Waals surface area contributed by atoms with E-state index in [2.05, 4.69) is 5.32 Å². The summed E-state index contributed by atoms with van der Waals surface area (Å²) in [5, 5.41) is 3.62. The Balaban J connectivity index is 1.88. The van der Waals surface area contributed by atoms with Crippen LogP contribution in [0, 0.1) is 26.6 Å². The third-order valence-corrected chi connectivity index (χ3v) is 5.97. The predicted molar refractivity (Wildman–Crippen MR) is 122 cm³/mol. The minimum Gasteiger partial charge on any atom is -0.350 e. The molecule has 1 aliphatic heterocycles. The topological polar surface area (TPSA) is 49.4 Å². The summed E-state index contributed by atoms with van der Waals surface area (Å²) in [5.41, 5.74) is 4.56. The van der Waals surface area contributed by atoms with E-state index in [0.29, 0.717) is 21.8 Å². The van der Waals surface area contributed by atoms with E-state index in [-0.39, 0.29) is 11.3 Å². The van der Waals surface area contributed by atoms with Crippen LogP contribution in [0.4, 0.5) is 15.8 Å². The van der Waals surface area contributed by atoms with Crippen LogP contribution >= 0.6 is 11.6 Å². The predicted octanol–water partition coefficient (Wildman–Crippen LogP) is 5.80. The lowest BCUT2D eigenvalue weighted by Gasteiger charge is -2.18. The third kappa shape index (κ3) is 3.62. The molecule has 156 valence electrons. The highest BCUT2D eigenvalue weighted by molar-refractivity contribution is 6.46. The average molecular weight is 435 g/mol. The van der Waals surface area contributed by atoms with E-state index < -0.39 is 17.6 Å². The Morgan fingerprint density at radius 3 is 2.23 bits per heavy atom. The van der Waals surface area contributed by atoms with Crippen LogP contribution in [-0.4, -0.2) is 11.8 Å². The Labute approximate surface area is 185 Å². The number of nitrogens with zero attached hydrogens (tertiary/aromatic N) is 1. The minimum atomic E-state index is -0.491. The second kappa shape index (κ2) is 8.00. The number of halogens is 2. The van der Waals surface area contributed by atoms with Crippen LogP contribution in [-0.2, 0) is 9.59 Å². The maximum atomic E-state index is 13.5. The Hall–Kier alpha value is -3.44. The monoisotopic (exact) mass is 434 g/mol. The molecule has 0 atom stereocenters. The summed E-state index contributed by atoms with van der Waals surface area (Å²) in [4.78, 5) is 28.1. The number of benzene rings is 3. The lowest BCUT2D eigenvalue weighted by Crippen LogP contribution is -2.33. The molecule has 2 amide bonds. The number of anilines is 2. The first kappa shape index (κ1) is 20.8. The Morgan fingerprint density at radius 2 is 1.52 bits per heavy atom. The van der Waals surface area contributed by atoms with Gasteiger partial charge in [0.1, 0.15) is 11.5 Å². The normalized spacial score (nSPS) is 13.9. The van der Waals surface area contributed by atoms with Gasteiger partial charge in [-0.25, -0.2) is 9.29 Å². The van der Waals surface area contributed by atoms with E-state index in [1.165, 1.54) is 24.3 Å². The van der Waals surface area contributed by atoms with Crippen molar-refractivity contribution in [1.29, 1.82) is 0 Å². The first-order valence-electron chi connectivity index (χ1n) is 9.77. The first-order chi connectivity index (χ1) is 14.8. The molecular formula is C25H20ClFN2O2. The number of hydrogen-bond donors (Lipinski definition) is 1. The molecule has 3 aromatic rings. The molecule has 1 heterocycles. The summed E-state index contributed by atoms with van der Waals surface area (Å²) in [6.45, 7) is 5.67. The van der Waals surface area contributed by atoms with Gasteiger partial charge in [0.2, 0.25) is 0 Å². The molecule has 0 saturated heterocycles. The molecule has 6 heteroatoms. The molecule has 31 heavy (non-hydrogen) atoms. The van der Waals surface area contributed by atoms with E-state index in [9.17, 15) is 14.0 Å². The number of hydrogen-bond acceptors (Lipinski definition) is 3. The van der Waals surface area contributed by atoms with Crippen LogP contribution in [0.3, 0.4) is 0 Å². The standard InChI is InChI=1S/C25H20ClFN2O2/c1-14-6-4-8-20(15(14)2)28-23-22(17-10-12-18(27)13-11-17)24(30)29(25(23)31)21-9-5-7-19(26)16(21)3/h4-13,28H,1-3H3. The smallest absolute Gasteiger partial charge is 0.282 e. The molecule has 0 aliphatic carbocycles. The molecule has 4 rings (SSSR count). The van der Waals surface area contributed by atoms with Crippen LogP contribution in [0.25, 0.3) is 5.57 Å². The van der Waals surface area contributed by atoms with E-state index in [0.717, 1.165) is 21.7 Å². The first-order valence-corrected chi connectivity index (χ1v) is 10.1. The van der Waals surface area contributed by atoms with Crippen molar-refractivity contribution in [3.8, 4) is 0 Å². The molecule has 1 aliphatic rings. The van der Waals surface area contributed by atoms with E-state index >= 15 is 0 Å². The largest absolute Gasteiger partial charge is 0.350 e. The van der Waals surface area contributed by atoms with Crippen molar-refractivity contribution in [2.45, 2.75) is 20.8 Å². The highest BCUT2D eigenvalue weighted by Gasteiger charge is 2.41. The summed E-state index contributed by atoms with van der Waals surface area (Å²) in [7, 11) is 0. The number of rotatable bonds is 4. The SMILES string of the molecule is Cc1cccc(NC2=C(c3ccc(F)cc3)C(=O)N(c3cccc(Cl)c3C)C2=O)c1C. The lowest BCUT2D eigenvalue weighted by molar-refractivity contribution is -0.120. The number of carbonyl (C=O) groups is 2. The van der Waals surface area contributed by atoms with Crippen LogP contribution < -0.4 is 10.2 Å².